The number of nitrogens with zero attached hydrogens (tertiary/aromatic N) is 3. The van der Waals surface area contributed by atoms with E-state index in [9.17, 15) is 0 Å². The molecule has 0 atom stereocenters. The Balaban J connectivity index is 0.940. The number of rotatable bonds is 5. The molecule has 0 bridgehead atoms. The van der Waals surface area contributed by atoms with E-state index in [2.05, 4.69) is 182 Å². The minimum Gasteiger partial charge on any atom is -0.455 e. The lowest BCUT2D eigenvalue weighted by atomic mass is 9.96. The van der Waals surface area contributed by atoms with Crippen molar-refractivity contribution in [2.45, 2.75) is 0 Å². The van der Waals surface area contributed by atoms with Crippen LogP contribution in [0.25, 0.3) is 121 Å². The molecular weight excluding hydrogens is 719 g/mol. The van der Waals surface area contributed by atoms with Gasteiger partial charge in [-0.3, -0.25) is 0 Å². The fraction of sp³-hybridized carbons (Fsp3) is 0. The van der Waals surface area contributed by atoms with E-state index >= 15 is 0 Å². The molecule has 9 aromatic carbocycles. The molecule has 0 aliphatic carbocycles. The van der Waals surface area contributed by atoms with E-state index in [-0.39, 0.29) is 0 Å². The van der Waals surface area contributed by atoms with Gasteiger partial charge in [-0.15, -0.1) is 0 Å². The molecule has 12 rings (SSSR count). The van der Waals surface area contributed by atoms with E-state index in [0.717, 1.165) is 110 Å². The molecule has 0 saturated heterocycles. The van der Waals surface area contributed by atoms with Crippen molar-refractivity contribution in [1.29, 1.82) is 0 Å². The van der Waals surface area contributed by atoms with E-state index in [0.29, 0.717) is 5.82 Å². The second kappa shape index (κ2) is 13.3. The highest BCUT2D eigenvalue weighted by molar-refractivity contribution is 6.24. The molecule has 3 heterocycles. The summed E-state index contributed by atoms with van der Waals surface area (Å²) in [5, 5.41) is 10.1. The summed E-state index contributed by atoms with van der Waals surface area (Å²) in [6.07, 6.45) is 0. The summed E-state index contributed by atoms with van der Waals surface area (Å²) in [6, 6.07) is 70.2. The molecule has 0 N–H and O–H groups in total. The lowest BCUT2D eigenvalue weighted by Gasteiger charge is -2.13. The van der Waals surface area contributed by atoms with Crippen LogP contribution in [0.2, 0.25) is 0 Å². The summed E-state index contributed by atoms with van der Waals surface area (Å²) in [4.78, 5) is 15.7. The third kappa shape index (κ3) is 5.49. The molecule has 59 heavy (non-hydrogen) atoms. The molecule has 12 aromatic rings. The molecule has 0 fully saturated rings. The standard InChI is InChI=1S/C55H33N3O/c1-3-15-40-36(11-1)13-9-19-42(40)50-33-49(57-55(58-50)45-20-10-14-37-12-2-4-16-41(37)45)38-27-23-34(24-28-38)35-25-29-39(30-26-35)53-47-32-31-44-43-17-6-8-22-51(43)59-54(44)52(47)46-18-5-7-21-48(46)56-53/h1-33H. The zero-order chi connectivity index (χ0) is 38.9. The topological polar surface area (TPSA) is 51.8 Å². The highest BCUT2D eigenvalue weighted by atomic mass is 16.3. The first-order chi connectivity index (χ1) is 29.2. The van der Waals surface area contributed by atoms with Gasteiger partial charge in [-0.2, -0.15) is 0 Å². The van der Waals surface area contributed by atoms with Gasteiger partial charge in [0.05, 0.1) is 22.6 Å². The van der Waals surface area contributed by atoms with E-state index in [4.69, 9.17) is 19.4 Å². The maximum Gasteiger partial charge on any atom is 0.161 e. The summed E-state index contributed by atoms with van der Waals surface area (Å²) in [5.41, 5.74) is 11.9. The summed E-state index contributed by atoms with van der Waals surface area (Å²) in [7, 11) is 0. The molecule has 4 nitrogen and oxygen atoms in total. The summed E-state index contributed by atoms with van der Waals surface area (Å²) >= 11 is 0. The van der Waals surface area contributed by atoms with Crippen LogP contribution < -0.4 is 0 Å². The van der Waals surface area contributed by atoms with Crippen molar-refractivity contribution in [3.05, 3.63) is 200 Å². The Bertz CT molecular complexity index is 3500. The van der Waals surface area contributed by atoms with E-state index in [1.807, 2.05) is 18.2 Å². The molecule has 274 valence electrons. The molecule has 0 spiro atoms. The number of benzene rings is 9. The van der Waals surface area contributed by atoms with Crippen LogP contribution in [0.3, 0.4) is 0 Å². The Hall–Kier alpha value is -7.95. The van der Waals surface area contributed by atoms with Crippen molar-refractivity contribution in [3.63, 3.8) is 0 Å². The Morgan fingerprint density at radius 2 is 0.881 bits per heavy atom. The fourth-order valence-electron chi connectivity index (χ4n) is 8.81. The highest BCUT2D eigenvalue weighted by Gasteiger charge is 2.18. The Morgan fingerprint density at radius 3 is 1.63 bits per heavy atom. The lowest BCUT2D eigenvalue weighted by Crippen LogP contribution is -1.97. The van der Waals surface area contributed by atoms with Crippen LogP contribution in [0.4, 0.5) is 0 Å². The average Bonchev–Trinajstić information content (AvgIpc) is 3.70. The van der Waals surface area contributed by atoms with E-state index < -0.39 is 0 Å². The maximum atomic E-state index is 6.54. The van der Waals surface area contributed by atoms with Crippen LogP contribution in [0.15, 0.2) is 205 Å². The van der Waals surface area contributed by atoms with Crippen molar-refractivity contribution in [2.24, 2.45) is 0 Å². The van der Waals surface area contributed by atoms with Crippen LogP contribution in [-0.4, -0.2) is 15.0 Å². The molecule has 0 radical (unpaired) electrons. The predicted octanol–water partition coefficient (Wildman–Crippen LogP) is 14.7. The third-order valence-electron chi connectivity index (χ3n) is 11.7. The summed E-state index contributed by atoms with van der Waals surface area (Å²) in [6.45, 7) is 0. The van der Waals surface area contributed by atoms with Gasteiger partial charge < -0.3 is 4.42 Å². The highest BCUT2D eigenvalue weighted by Crippen LogP contribution is 2.41. The fourth-order valence-corrected chi connectivity index (χ4v) is 8.81. The van der Waals surface area contributed by atoms with Gasteiger partial charge in [0.2, 0.25) is 0 Å². The van der Waals surface area contributed by atoms with Crippen molar-refractivity contribution < 1.29 is 4.42 Å². The Labute approximate surface area is 339 Å². The predicted molar refractivity (Wildman–Crippen MR) is 244 cm³/mol. The van der Waals surface area contributed by atoms with E-state index in [1.54, 1.807) is 0 Å². The molecule has 0 unspecified atom stereocenters. The Kier molecular flexibility index (Phi) is 7.50. The first-order valence-electron chi connectivity index (χ1n) is 19.9. The average molecular weight is 752 g/mol. The molecular formula is C55H33N3O. The van der Waals surface area contributed by atoms with Crippen molar-refractivity contribution in [1.82, 2.24) is 15.0 Å². The third-order valence-corrected chi connectivity index (χ3v) is 11.7. The molecule has 0 aliphatic heterocycles. The number of furan rings is 1. The minimum absolute atomic E-state index is 0.706. The van der Waals surface area contributed by atoms with E-state index in [1.165, 1.54) is 5.39 Å². The van der Waals surface area contributed by atoms with Crippen LogP contribution in [0.1, 0.15) is 0 Å². The molecule has 0 saturated carbocycles. The second-order valence-corrected chi connectivity index (χ2v) is 15.1. The molecule has 3 aromatic heterocycles. The first kappa shape index (κ1) is 33.2. The number of fused-ring (bicyclic) bond motifs is 9. The largest absolute Gasteiger partial charge is 0.455 e. The second-order valence-electron chi connectivity index (χ2n) is 15.1. The van der Waals surface area contributed by atoms with Crippen molar-refractivity contribution >= 4 is 65.2 Å². The van der Waals surface area contributed by atoms with Gasteiger partial charge >= 0.3 is 0 Å². The number of hydrogen-bond acceptors (Lipinski definition) is 4. The minimum atomic E-state index is 0.706. The van der Waals surface area contributed by atoms with Gasteiger partial charge in [0, 0.05) is 49.2 Å². The Morgan fingerprint density at radius 1 is 0.339 bits per heavy atom. The molecule has 4 heteroatoms. The normalized spacial score (nSPS) is 11.7. The van der Waals surface area contributed by atoms with Gasteiger partial charge in [0.15, 0.2) is 5.82 Å². The van der Waals surface area contributed by atoms with Crippen molar-refractivity contribution in [3.8, 4) is 56.3 Å². The number of hydrogen-bond donors (Lipinski definition) is 0. The smallest absolute Gasteiger partial charge is 0.161 e. The van der Waals surface area contributed by atoms with Crippen LogP contribution in [0, 0.1) is 0 Å². The summed E-state index contributed by atoms with van der Waals surface area (Å²) in [5.74, 6) is 0.706. The van der Waals surface area contributed by atoms with Gasteiger partial charge in [-0.05, 0) is 56.9 Å². The van der Waals surface area contributed by atoms with Crippen LogP contribution >= 0.6 is 0 Å². The first-order valence-corrected chi connectivity index (χ1v) is 19.9. The van der Waals surface area contributed by atoms with Gasteiger partial charge in [0.1, 0.15) is 11.2 Å². The zero-order valence-electron chi connectivity index (χ0n) is 31.8. The summed E-state index contributed by atoms with van der Waals surface area (Å²) < 4.78 is 6.54. The number of para-hydroxylation sites is 2. The quantitative estimate of drug-likeness (QED) is 0.164. The maximum absolute atomic E-state index is 6.54. The van der Waals surface area contributed by atoms with Gasteiger partial charge in [0.25, 0.3) is 0 Å². The lowest BCUT2D eigenvalue weighted by molar-refractivity contribution is 0.673. The van der Waals surface area contributed by atoms with Gasteiger partial charge in [-0.1, -0.05) is 176 Å². The molecule has 0 aliphatic rings. The number of aromatic nitrogens is 3. The van der Waals surface area contributed by atoms with Crippen molar-refractivity contribution in [2.75, 3.05) is 0 Å². The molecule has 0 amide bonds. The number of pyridine rings is 1. The van der Waals surface area contributed by atoms with Crippen LogP contribution in [0.5, 0.6) is 0 Å². The van der Waals surface area contributed by atoms with Gasteiger partial charge in [-0.25, -0.2) is 15.0 Å². The van der Waals surface area contributed by atoms with Crippen LogP contribution in [-0.2, 0) is 0 Å². The SMILES string of the molecule is c1ccc2c(-c3cc(-c4ccc(-c5ccc(-c6nc7ccccc7c7c6ccc6c8ccccc8oc67)cc5)cc4)nc(-c4cccc5ccccc45)n3)cccc2c1. The monoisotopic (exact) mass is 751 g/mol. The zero-order valence-corrected chi connectivity index (χ0v) is 31.8.